The second kappa shape index (κ2) is 9.05. The lowest BCUT2D eigenvalue weighted by molar-refractivity contribution is -0.151. The number of nitrogens with one attached hydrogen (secondary N) is 2. The zero-order valence-electron chi connectivity index (χ0n) is 14.7. The molecule has 2 amide bonds. The predicted molar refractivity (Wildman–Crippen MR) is 94.0 cm³/mol. The molecule has 0 aromatic heterocycles. The van der Waals surface area contributed by atoms with Gasteiger partial charge in [0.2, 0.25) is 11.8 Å². The third kappa shape index (κ3) is 5.48. The Morgan fingerprint density at radius 1 is 1.32 bits per heavy atom. The second-order valence-electron chi connectivity index (χ2n) is 6.04. The van der Waals surface area contributed by atoms with E-state index in [9.17, 15) is 14.4 Å². The van der Waals surface area contributed by atoms with E-state index in [1.807, 2.05) is 38.1 Å². The van der Waals surface area contributed by atoms with Crippen LogP contribution in [0.1, 0.15) is 25.3 Å². The Morgan fingerprint density at radius 3 is 2.72 bits per heavy atom. The van der Waals surface area contributed by atoms with Crippen LogP contribution in [0.5, 0.6) is 0 Å². The number of amides is 2. The summed E-state index contributed by atoms with van der Waals surface area (Å²) in [5.74, 6) is -1.000. The molecule has 1 aromatic rings. The number of benzene rings is 1. The SMILES string of the molecule is CCCOC(=O)CC1C(=O)NCCN1C(=O)CNc1ccc(C)cc1. The normalized spacial score (nSPS) is 17.0. The number of carbonyl (C=O) groups excluding carboxylic acids is 3. The van der Waals surface area contributed by atoms with E-state index >= 15 is 0 Å². The van der Waals surface area contributed by atoms with Crippen molar-refractivity contribution in [1.82, 2.24) is 10.2 Å². The van der Waals surface area contributed by atoms with E-state index in [1.165, 1.54) is 4.90 Å². The number of anilines is 1. The summed E-state index contributed by atoms with van der Waals surface area (Å²) < 4.78 is 5.04. The van der Waals surface area contributed by atoms with Crippen molar-refractivity contribution in [1.29, 1.82) is 0 Å². The lowest BCUT2D eigenvalue weighted by Gasteiger charge is -2.34. The first kappa shape index (κ1) is 18.8. The average molecular weight is 347 g/mol. The van der Waals surface area contributed by atoms with Gasteiger partial charge >= 0.3 is 5.97 Å². The number of rotatable bonds is 7. The molecule has 2 N–H and O–H groups in total. The first-order chi connectivity index (χ1) is 12.0. The molecule has 25 heavy (non-hydrogen) atoms. The monoisotopic (exact) mass is 347 g/mol. The number of aryl methyl sites for hydroxylation is 1. The lowest BCUT2D eigenvalue weighted by atomic mass is 10.1. The first-order valence-electron chi connectivity index (χ1n) is 8.54. The first-order valence-corrected chi connectivity index (χ1v) is 8.54. The molecule has 1 unspecified atom stereocenters. The minimum atomic E-state index is -0.814. The van der Waals surface area contributed by atoms with E-state index in [0.717, 1.165) is 11.3 Å². The molecular formula is C18H25N3O4. The fraction of sp³-hybridized carbons (Fsp3) is 0.500. The molecule has 1 saturated heterocycles. The van der Waals surface area contributed by atoms with Crippen molar-refractivity contribution in [3.05, 3.63) is 29.8 Å². The number of hydrogen-bond donors (Lipinski definition) is 2. The Hall–Kier alpha value is -2.57. The number of esters is 1. The molecule has 7 nitrogen and oxygen atoms in total. The molecule has 0 saturated carbocycles. The van der Waals surface area contributed by atoms with Gasteiger partial charge in [-0.3, -0.25) is 14.4 Å². The van der Waals surface area contributed by atoms with Crippen molar-refractivity contribution in [3.8, 4) is 0 Å². The summed E-state index contributed by atoms with van der Waals surface area (Å²) in [6, 6.07) is 6.88. The van der Waals surface area contributed by atoms with E-state index in [2.05, 4.69) is 10.6 Å². The van der Waals surface area contributed by atoms with Crippen molar-refractivity contribution in [2.75, 3.05) is 31.6 Å². The van der Waals surface area contributed by atoms with Gasteiger partial charge in [-0.15, -0.1) is 0 Å². The molecule has 2 rings (SSSR count). The van der Waals surface area contributed by atoms with E-state index in [-0.39, 0.29) is 24.8 Å². The van der Waals surface area contributed by atoms with Gasteiger partial charge in [-0.1, -0.05) is 24.6 Å². The van der Waals surface area contributed by atoms with E-state index in [0.29, 0.717) is 26.1 Å². The predicted octanol–water partition coefficient (Wildman–Crippen LogP) is 1.08. The summed E-state index contributed by atoms with van der Waals surface area (Å²) in [7, 11) is 0. The standard InChI is InChI=1S/C18H25N3O4/c1-3-10-25-17(23)11-15-18(24)19-8-9-21(15)16(22)12-20-14-6-4-13(2)5-7-14/h4-7,15,20H,3,8-12H2,1-2H3,(H,19,24). The van der Waals surface area contributed by atoms with Gasteiger partial charge in [-0.25, -0.2) is 0 Å². The fourth-order valence-corrected chi connectivity index (χ4v) is 2.60. The van der Waals surface area contributed by atoms with Crippen LogP contribution in [0.3, 0.4) is 0 Å². The topological polar surface area (TPSA) is 87.7 Å². The van der Waals surface area contributed by atoms with Crippen molar-refractivity contribution < 1.29 is 19.1 Å². The highest BCUT2D eigenvalue weighted by Gasteiger charge is 2.34. The molecule has 1 aliphatic heterocycles. The largest absolute Gasteiger partial charge is 0.466 e. The Labute approximate surface area is 147 Å². The van der Waals surface area contributed by atoms with Gasteiger partial charge in [0.15, 0.2) is 0 Å². The highest BCUT2D eigenvalue weighted by molar-refractivity contribution is 5.93. The lowest BCUT2D eigenvalue weighted by Crippen LogP contribution is -2.58. The maximum absolute atomic E-state index is 12.5. The second-order valence-corrected chi connectivity index (χ2v) is 6.04. The summed E-state index contributed by atoms with van der Waals surface area (Å²) in [6.45, 7) is 5.03. The van der Waals surface area contributed by atoms with Gasteiger partial charge in [-0.2, -0.15) is 0 Å². The van der Waals surface area contributed by atoms with Gasteiger partial charge in [-0.05, 0) is 25.5 Å². The average Bonchev–Trinajstić information content (AvgIpc) is 2.61. The summed E-state index contributed by atoms with van der Waals surface area (Å²) >= 11 is 0. The summed E-state index contributed by atoms with van der Waals surface area (Å²) in [5.41, 5.74) is 1.97. The molecule has 7 heteroatoms. The zero-order valence-corrected chi connectivity index (χ0v) is 14.7. The van der Waals surface area contributed by atoms with Crippen LogP contribution in [0, 0.1) is 6.92 Å². The highest BCUT2D eigenvalue weighted by atomic mass is 16.5. The minimum absolute atomic E-state index is 0.0663. The van der Waals surface area contributed by atoms with Crippen LogP contribution >= 0.6 is 0 Å². The molecule has 1 aromatic carbocycles. The van der Waals surface area contributed by atoms with Crippen molar-refractivity contribution in [2.24, 2.45) is 0 Å². The Bertz CT molecular complexity index is 615. The number of ether oxygens (including phenoxy) is 1. The Balaban J connectivity index is 1.95. The van der Waals surface area contributed by atoms with E-state index < -0.39 is 12.0 Å². The number of piperazine rings is 1. The Kier molecular flexibility index (Phi) is 6.80. The molecule has 136 valence electrons. The third-order valence-corrected chi connectivity index (χ3v) is 3.97. The minimum Gasteiger partial charge on any atom is -0.466 e. The van der Waals surface area contributed by atoms with Gasteiger partial charge in [0.05, 0.1) is 19.6 Å². The van der Waals surface area contributed by atoms with Crippen LogP contribution in [0.4, 0.5) is 5.69 Å². The van der Waals surface area contributed by atoms with Gasteiger partial charge in [0.25, 0.3) is 0 Å². The smallest absolute Gasteiger partial charge is 0.308 e. The van der Waals surface area contributed by atoms with Crippen molar-refractivity contribution in [2.45, 2.75) is 32.7 Å². The Morgan fingerprint density at radius 2 is 2.04 bits per heavy atom. The molecule has 0 spiro atoms. The molecule has 1 aliphatic rings. The molecular weight excluding hydrogens is 322 g/mol. The zero-order chi connectivity index (χ0) is 18.2. The van der Waals surface area contributed by atoms with Crippen LogP contribution in [0.25, 0.3) is 0 Å². The van der Waals surface area contributed by atoms with Crippen LogP contribution < -0.4 is 10.6 Å². The molecule has 0 aliphatic carbocycles. The molecule has 1 atom stereocenters. The number of carbonyl (C=O) groups is 3. The quantitative estimate of drug-likeness (QED) is 0.721. The van der Waals surface area contributed by atoms with E-state index in [1.54, 1.807) is 0 Å². The molecule has 1 fully saturated rings. The van der Waals surface area contributed by atoms with Gasteiger partial charge < -0.3 is 20.3 Å². The summed E-state index contributed by atoms with van der Waals surface area (Å²) in [4.78, 5) is 37.9. The fourth-order valence-electron chi connectivity index (χ4n) is 2.60. The van der Waals surface area contributed by atoms with Crippen LogP contribution in [0.15, 0.2) is 24.3 Å². The summed E-state index contributed by atoms with van der Waals surface area (Å²) in [5, 5.41) is 5.75. The van der Waals surface area contributed by atoms with Crippen LogP contribution in [-0.2, 0) is 19.1 Å². The van der Waals surface area contributed by atoms with Crippen molar-refractivity contribution >= 4 is 23.5 Å². The van der Waals surface area contributed by atoms with Crippen LogP contribution in [-0.4, -0.2) is 55.0 Å². The molecule has 0 bridgehead atoms. The van der Waals surface area contributed by atoms with Crippen LogP contribution in [0.2, 0.25) is 0 Å². The van der Waals surface area contributed by atoms with E-state index in [4.69, 9.17) is 4.74 Å². The third-order valence-electron chi connectivity index (χ3n) is 3.97. The van der Waals surface area contributed by atoms with Gasteiger partial charge in [0, 0.05) is 18.8 Å². The number of hydrogen-bond acceptors (Lipinski definition) is 5. The highest BCUT2D eigenvalue weighted by Crippen LogP contribution is 2.12. The van der Waals surface area contributed by atoms with Gasteiger partial charge in [0.1, 0.15) is 6.04 Å². The maximum atomic E-state index is 12.5. The maximum Gasteiger partial charge on any atom is 0.308 e. The van der Waals surface area contributed by atoms with Crippen molar-refractivity contribution in [3.63, 3.8) is 0 Å². The molecule has 0 radical (unpaired) electrons. The summed E-state index contributed by atoms with van der Waals surface area (Å²) in [6.07, 6.45) is 0.591. The number of nitrogens with zero attached hydrogens (tertiary/aromatic N) is 1. The molecule has 1 heterocycles.